The second-order valence-electron chi connectivity index (χ2n) is 19.5. The summed E-state index contributed by atoms with van der Waals surface area (Å²) in [7, 11) is -4.51. The van der Waals surface area contributed by atoms with Crippen molar-refractivity contribution in [3.8, 4) is 5.75 Å². The lowest BCUT2D eigenvalue weighted by molar-refractivity contribution is -0.167. The van der Waals surface area contributed by atoms with Crippen molar-refractivity contribution in [3.05, 3.63) is 127 Å². The van der Waals surface area contributed by atoms with Crippen LogP contribution in [0.3, 0.4) is 0 Å². The number of cyclic esters (lactones) is 1. The molecule has 0 amide bonds. The largest absolute Gasteiger partial charge is 0.512 e. The summed E-state index contributed by atoms with van der Waals surface area (Å²) in [5.74, 6) is -0.548. The number of benzene rings is 1. The summed E-state index contributed by atoms with van der Waals surface area (Å²) in [6.07, 6.45) is 3.09. The molecule has 2 aliphatic heterocycles. The van der Waals surface area contributed by atoms with Crippen molar-refractivity contribution in [3.63, 3.8) is 0 Å². The number of ether oxygens (including phenoxy) is 3. The van der Waals surface area contributed by atoms with Gasteiger partial charge in [-0.2, -0.15) is 10.1 Å². The van der Waals surface area contributed by atoms with Crippen molar-refractivity contribution >= 4 is 25.5 Å². The molecule has 20 nitrogen and oxygen atoms in total. The molecular weight excluding hydrogens is 967 g/mol. The second kappa shape index (κ2) is 22.2. The van der Waals surface area contributed by atoms with E-state index in [1.54, 1.807) is 29.6 Å². The highest BCUT2D eigenvalue weighted by molar-refractivity contribution is 7.52. The lowest BCUT2D eigenvalue weighted by Crippen LogP contribution is -2.46. The molecule has 1 saturated heterocycles. The number of H-pyrrole nitrogens is 1. The zero-order chi connectivity index (χ0) is 52.2. The Kier molecular flexibility index (Phi) is 16.1. The Morgan fingerprint density at radius 2 is 1.73 bits per heavy atom. The lowest BCUT2D eigenvalue weighted by atomic mass is 9.76. The summed E-state index contributed by atoms with van der Waals surface area (Å²) in [4.78, 5) is 67.5. The first-order valence-electron chi connectivity index (χ1n) is 24.9. The number of aromatic amines is 1. The van der Waals surface area contributed by atoms with Gasteiger partial charge in [-0.05, 0) is 121 Å². The van der Waals surface area contributed by atoms with E-state index >= 15 is 4.39 Å². The van der Waals surface area contributed by atoms with Crippen LogP contribution in [0.15, 0.2) is 81.7 Å². The summed E-state index contributed by atoms with van der Waals surface area (Å²) in [5, 5.41) is 29.7. The molecular formula is C51H64FN8O12P. The Hall–Kier alpha value is -6.12. The summed E-state index contributed by atoms with van der Waals surface area (Å²) >= 11 is 0. The number of carbonyl (C=O) groups is 2. The van der Waals surface area contributed by atoms with Crippen LogP contribution in [0.25, 0.3) is 5.78 Å². The van der Waals surface area contributed by atoms with Gasteiger partial charge in [0.2, 0.25) is 0 Å². The fourth-order valence-corrected chi connectivity index (χ4v) is 11.4. The van der Waals surface area contributed by atoms with Crippen molar-refractivity contribution in [1.82, 2.24) is 39.2 Å². The number of pyridine rings is 1. The van der Waals surface area contributed by atoms with Gasteiger partial charge in [-0.1, -0.05) is 44.9 Å². The van der Waals surface area contributed by atoms with Crippen LogP contribution in [0.5, 0.6) is 5.75 Å². The number of aliphatic hydroxyl groups excluding tert-OH is 2. The van der Waals surface area contributed by atoms with Crippen LogP contribution in [0.2, 0.25) is 0 Å². The number of carbonyl (C=O) groups excluding carboxylic acids is 2. The Morgan fingerprint density at radius 3 is 2.40 bits per heavy atom. The maximum Gasteiger partial charge on any atom is 0.459 e. The minimum absolute atomic E-state index is 0.000221. The Morgan fingerprint density at radius 1 is 1.01 bits per heavy atom. The molecule has 4 N–H and O–H groups in total. The number of para-hydroxylation sites is 1. The molecule has 4 aromatic heterocycles. The molecule has 1 aromatic carbocycles. The first-order valence-corrected chi connectivity index (χ1v) is 26.5. The molecule has 8 atom stereocenters. The number of aromatic nitrogens is 7. The van der Waals surface area contributed by atoms with E-state index in [2.05, 4.69) is 41.2 Å². The standard InChI is InChI=1S/C51H64FN8O12P/c1-7-35-25-33(26-36(8-2)53-35)20-22-51(34-14-12-13-15-34)28-40(61)39(46(65)71-51)27-42-55-48-54-37(24-30(3)60(48)57-42)19-18-31(4)69-45(64)32(5)58-73(67,72-38-16-10-9-11-17-38)68-29-41-44(63)50(6,52)47(70-41)59-23-21-43(62)56-49(59)66/h9-11,16-17,21,23-26,31-32,34,41,44,47,61,63H,7-8,12-15,18-20,22,27-29H2,1-6H3,(H,58,67)(H,56,62,66)/t31?,32-,41+,44+,47+,50+,51+,73-/m0/s1. The molecule has 0 radical (unpaired) electrons. The number of nitrogens with zero attached hydrogens (tertiary/aromatic N) is 6. The summed E-state index contributed by atoms with van der Waals surface area (Å²) in [5.41, 5.74) is -0.378. The molecule has 1 unspecified atom stereocenters. The number of alkyl halides is 1. The normalized spacial score (nSPS) is 24.1. The molecule has 22 heteroatoms. The fraction of sp³-hybridized carbons (Fsp3) is 0.529. The predicted molar refractivity (Wildman–Crippen MR) is 263 cm³/mol. The number of rotatable bonds is 21. The van der Waals surface area contributed by atoms with E-state index in [-0.39, 0.29) is 47.4 Å². The van der Waals surface area contributed by atoms with E-state index < -0.39 is 79.4 Å². The highest BCUT2D eigenvalue weighted by atomic mass is 31.2. The molecule has 1 saturated carbocycles. The van der Waals surface area contributed by atoms with Crippen LogP contribution >= 0.6 is 7.75 Å². The van der Waals surface area contributed by atoms with Gasteiger partial charge >= 0.3 is 25.4 Å². The number of aryl methyl sites for hydroxylation is 5. The maximum atomic E-state index is 15.9. The van der Waals surface area contributed by atoms with Gasteiger partial charge in [0.25, 0.3) is 11.3 Å². The van der Waals surface area contributed by atoms with Gasteiger partial charge in [-0.25, -0.2) is 28.0 Å². The van der Waals surface area contributed by atoms with Crippen LogP contribution in [0.1, 0.15) is 120 Å². The van der Waals surface area contributed by atoms with Gasteiger partial charge in [0.05, 0.1) is 18.3 Å². The summed E-state index contributed by atoms with van der Waals surface area (Å²) in [6.45, 7) is 9.39. The van der Waals surface area contributed by atoms with Crippen molar-refractivity contribution in [2.24, 2.45) is 5.92 Å². The fourth-order valence-electron chi connectivity index (χ4n) is 9.89. The zero-order valence-electron chi connectivity index (χ0n) is 41.9. The van der Waals surface area contributed by atoms with Crippen molar-refractivity contribution in [2.75, 3.05) is 6.61 Å². The third kappa shape index (κ3) is 12.1. The molecule has 2 fully saturated rings. The summed E-state index contributed by atoms with van der Waals surface area (Å²) in [6, 6.07) is 13.7. The first-order chi connectivity index (χ1) is 34.8. The minimum Gasteiger partial charge on any atom is -0.512 e. The zero-order valence-corrected chi connectivity index (χ0v) is 42.8. The molecule has 6 heterocycles. The van der Waals surface area contributed by atoms with E-state index in [1.807, 2.05) is 18.0 Å². The number of nitrogens with one attached hydrogen (secondary N) is 2. The SMILES string of the molecule is CCc1cc(CC[C@]2(C3CCCC3)CC(O)=C(Cc3nc4nc(CCC(C)OC(=O)[C@H](C)N[P@](=O)(OC[C@H]5O[C@@H](n6ccc(=O)[nH]c6=O)[C@](C)(F)[C@@H]5O)Oc5ccccc5)cc(C)n4n3)C(=O)O2)cc(CC)n1. The van der Waals surface area contributed by atoms with Crippen molar-refractivity contribution < 1.29 is 52.0 Å². The highest BCUT2D eigenvalue weighted by Crippen LogP contribution is 2.48. The average Bonchev–Trinajstić information content (AvgIpc) is 4.10. The molecule has 1 aliphatic carbocycles. The van der Waals surface area contributed by atoms with Crippen LogP contribution in [-0.2, 0) is 65.0 Å². The number of esters is 2. The molecule has 5 aromatic rings. The van der Waals surface area contributed by atoms with Gasteiger partial charge < -0.3 is 28.9 Å². The molecule has 73 heavy (non-hydrogen) atoms. The van der Waals surface area contributed by atoms with Gasteiger partial charge in [0.1, 0.15) is 35.4 Å². The van der Waals surface area contributed by atoms with Crippen LogP contribution in [0.4, 0.5) is 4.39 Å². The molecule has 3 aliphatic rings. The van der Waals surface area contributed by atoms with E-state index in [4.69, 9.17) is 33.2 Å². The molecule has 0 bridgehead atoms. The second-order valence-corrected chi connectivity index (χ2v) is 21.2. The van der Waals surface area contributed by atoms with Crippen molar-refractivity contribution in [1.29, 1.82) is 0 Å². The number of halogens is 1. The van der Waals surface area contributed by atoms with E-state index in [1.165, 1.54) is 19.1 Å². The predicted octanol–water partition coefficient (Wildman–Crippen LogP) is 6.40. The van der Waals surface area contributed by atoms with Crippen LogP contribution in [0, 0.1) is 12.8 Å². The van der Waals surface area contributed by atoms with E-state index in [9.17, 15) is 34.0 Å². The smallest absolute Gasteiger partial charge is 0.459 e. The Labute approximate surface area is 421 Å². The maximum absolute atomic E-state index is 15.9. The topological polar surface area (TPSA) is 261 Å². The monoisotopic (exact) mass is 1030 g/mol. The van der Waals surface area contributed by atoms with Gasteiger partial charge in [0.15, 0.2) is 17.7 Å². The molecule has 8 rings (SSSR count). The van der Waals surface area contributed by atoms with Gasteiger partial charge in [0, 0.05) is 47.9 Å². The van der Waals surface area contributed by atoms with Crippen molar-refractivity contribution in [2.45, 2.75) is 160 Å². The third-order valence-electron chi connectivity index (χ3n) is 14.0. The third-order valence-corrected chi connectivity index (χ3v) is 15.6. The number of aliphatic hydroxyl groups is 2. The lowest BCUT2D eigenvalue weighted by Gasteiger charge is -2.41. The number of fused-ring (bicyclic) bond motifs is 1. The Balaban J connectivity index is 0.885. The Bertz CT molecular complexity index is 2990. The summed E-state index contributed by atoms with van der Waals surface area (Å²) < 4.78 is 61.7. The molecule has 0 spiro atoms. The first kappa shape index (κ1) is 53.2. The van der Waals surface area contributed by atoms with Crippen LogP contribution in [-0.4, -0.2) is 98.5 Å². The highest BCUT2D eigenvalue weighted by Gasteiger charge is 2.56. The molecule has 392 valence electrons. The number of hydrogen-bond acceptors (Lipinski definition) is 16. The number of hydrogen-bond donors (Lipinski definition) is 4. The average molecular weight is 1030 g/mol. The van der Waals surface area contributed by atoms with Gasteiger partial charge in [-0.15, -0.1) is 5.10 Å². The van der Waals surface area contributed by atoms with E-state index in [0.717, 1.165) is 79.2 Å². The quantitative estimate of drug-likeness (QED) is 0.0458. The van der Waals surface area contributed by atoms with E-state index in [0.29, 0.717) is 37.1 Å². The van der Waals surface area contributed by atoms with Gasteiger partial charge in [-0.3, -0.25) is 28.6 Å². The van der Waals surface area contributed by atoms with Crippen LogP contribution < -0.4 is 20.9 Å². The minimum atomic E-state index is -4.51.